The Morgan fingerprint density at radius 1 is 1.15 bits per heavy atom. The quantitative estimate of drug-likeness (QED) is 0.725. The molecule has 0 saturated heterocycles. The smallest absolute Gasteiger partial charge is 0.251 e. The van der Waals surface area contributed by atoms with Gasteiger partial charge in [0.15, 0.2) is 0 Å². The van der Waals surface area contributed by atoms with Gasteiger partial charge in [0, 0.05) is 25.3 Å². The highest BCUT2D eigenvalue weighted by atomic mass is 35.5. The van der Waals surface area contributed by atoms with E-state index in [0.717, 1.165) is 24.8 Å². The van der Waals surface area contributed by atoms with E-state index in [1.807, 2.05) is 24.3 Å². The highest BCUT2D eigenvalue weighted by Crippen LogP contribution is 2.32. The fourth-order valence-corrected chi connectivity index (χ4v) is 3.28. The maximum Gasteiger partial charge on any atom is 0.251 e. The summed E-state index contributed by atoms with van der Waals surface area (Å²) in [7, 11) is 0. The van der Waals surface area contributed by atoms with Crippen LogP contribution in [0, 0.1) is 0 Å². The molecule has 0 aliphatic heterocycles. The predicted octanol–water partition coefficient (Wildman–Crippen LogP) is 3.78. The Bertz CT molecular complexity index is 703. The van der Waals surface area contributed by atoms with E-state index in [9.17, 15) is 4.79 Å². The van der Waals surface area contributed by atoms with Crippen molar-refractivity contribution in [1.82, 2.24) is 5.32 Å². The minimum absolute atomic E-state index is 0. The molecule has 1 aliphatic carbocycles. The lowest BCUT2D eigenvalue weighted by atomic mass is 9.89. The van der Waals surface area contributed by atoms with Crippen molar-refractivity contribution in [3.63, 3.8) is 0 Å². The third kappa shape index (κ3) is 5.31. The van der Waals surface area contributed by atoms with E-state index in [0.29, 0.717) is 25.3 Å². The lowest BCUT2D eigenvalue weighted by Gasteiger charge is -2.25. The van der Waals surface area contributed by atoms with Gasteiger partial charge in [0.25, 0.3) is 5.91 Å². The van der Waals surface area contributed by atoms with Crippen molar-refractivity contribution in [2.75, 3.05) is 13.2 Å². The summed E-state index contributed by atoms with van der Waals surface area (Å²) in [6, 6.07) is 15.9. The van der Waals surface area contributed by atoms with Crippen LogP contribution in [0.4, 0.5) is 0 Å². The van der Waals surface area contributed by atoms with Gasteiger partial charge in [0.2, 0.25) is 0 Å². The van der Waals surface area contributed by atoms with Crippen molar-refractivity contribution in [3.05, 3.63) is 70.8 Å². The summed E-state index contributed by atoms with van der Waals surface area (Å²) in [6.45, 7) is 1.76. The molecule has 3 N–H and O–H groups in total. The first-order chi connectivity index (χ1) is 12.3. The summed E-state index contributed by atoms with van der Waals surface area (Å²) in [4.78, 5) is 12.1. The highest BCUT2D eigenvalue weighted by molar-refractivity contribution is 5.94. The number of benzene rings is 2. The van der Waals surface area contributed by atoms with E-state index >= 15 is 0 Å². The van der Waals surface area contributed by atoms with Crippen molar-refractivity contribution in [3.8, 4) is 0 Å². The zero-order chi connectivity index (χ0) is 17.5. The average molecular weight is 375 g/mol. The predicted molar refractivity (Wildman–Crippen MR) is 107 cm³/mol. The molecule has 5 heteroatoms. The van der Waals surface area contributed by atoms with Gasteiger partial charge in [0.05, 0.1) is 6.10 Å². The zero-order valence-corrected chi connectivity index (χ0v) is 15.8. The molecule has 2 aromatic carbocycles. The first kappa shape index (κ1) is 20.4. The molecule has 0 bridgehead atoms. The van der Waals surface area contributed by atoms with Crippen molar-refractivity contribution in [1.29, 1.82) is 0 Å². The van der Waals surface area contributed by atoms with Crippen molar-refractivity contribution >= 4 is 18.3 Å². The fourth-order valence-electron chi connectivity index (χ4n) is 3.28. The summed E-state index contributed by atoms with van der Waals surface area (Å²) in [5.41, 5.74) is 10.00. The molecule has 0 heterocycles. The van der Waals surface area contributed by atoms with Gasteiger partial charge in [-0.05, 0) is 54.5 Å². The summed E-state index contributed by atoms with van der Waals surface area (Å²) >= 11 is 0. The summed E-state index contributed by atoms with van der Waals surface area (Å²) < 4.78 is 6.06. The molecule has 0 fully saturated rings. The van der Waals surface area contributed by atoms with E-state index in [4.69, 9.17) is 10.5 Å². The van der Waals surface area contributed by atoms with Crippen molar-refractivity contribution in [2.24, 2.45) is 5.73 Å². The maximum absolute atomic E-state index is 12.1. The topological polar surface area (TPSA) is 64.4 Å². The summed E-state index contributed by atoms with van der Waals surface area (Å²) in [6.07, 6.45) is 4.42. The number of nitrogens with one attached hydrogen (secondary N) is 1. The molecule has 140 valence electrons. The standard InChI is InChI=1S/C21H26N2O2.ClH/c22-15-16-9-11-18(12-10-16)21(24)23-13-4-14-25-20-8-3-6-17-5-1-2-7-19(17)20;/h1-2,5,7,9-12,20H,3-4,6,8,13-15,22H2,(H,23,24);1H. The molecule has 2 aromatic rings. The Morgan fingerprint density at radius 2 is 1.92 bits per heavy atom. The van der Waals surface area contributed by atoms with E-state index in [-0.39, 0.29) is 24.4 Å². The Hall–Kier alpha value is -1.88. The van der Waals surface area contributed by atoms with Gasteiger partial charge in [-0.25, -0.2) is 0 Å². The minimum atomic E-state index is -0.0495. The Kier molecular flexibility index (Phi) is 8.10. The van der Waals surface area contributed by atoms with Gasteiger partial charge < -0.3 is 15.8 Å². The third-order valence-electron chi connectivity index (χ3n) is 4.69. The first-order valence-corrected chi connectivity index (χ1v) is 9.04. The van der Waals surface area contributed by atoms with Gasteiger partial charge >= 0.3 is 0 Å². The molecule has 0 spiro atoms. The molecule has 1 atom stereocenters. The molecule has 1 aliphatic rings. The van der Waals surface area contributed by atoms with Crippen LogP contribution in [0.3, 0.4) is 0 Å². The maximum atomic E-state index is 12.1. The van der Waals surface area contributed by atoms with Crippen LogP contribution in [-0.2, 0) is 17.7 Å². The lowest BCUT2D eigenvalue weighted by molar-refractivity contribution is 0.0393. The number of nitrogens with two attached hydrogens (primary N) is 1. The van der Waals surface area contributed by atoms with Gasteiger partial charge in [-0.15, -0.1) is 12.4 Å². The van der Waals surface area contributed by atoms with Gasteiger partial charge in [-0.3, -0.25) is 4.79 Å². The number of hydrogen-bond acceptors (Lipinski definition) is 3. The largest absolute Gasteiger partial charge is 0.373 e. The van der Waals surface area contributed by atoms with Crippen LogP contribution in [0.2, 0.25) is 0 Å². The molecule has 1 unspecified atom stereocenters. The highest BCUT2D eigenvalue weighted by Gasteiger charge is 2.19. The molecule has 0 saturated carbocycles. The van der Waals surface area contributed by atoms with Crippen LogP contribution in [0.15, 0.2) is 48.5 Å². The number of rotatable bonds is 7. The van der Waals surface area contributed by atoms with E-state index in [2.05, 4.69) is 29.6 Å². The first-order valence-electron chi connectivity index (χ1n) is 9.04. The normalized spacial score (nSPS) is 15.7. The van der Waals surface area contributed by atoms with Crippen molar-refractivity contribution in [2.45, 2.75) is 38.3 Å². The number of carbonyl (C=O) groups is 1. The Labute approximate surface area is 161 Å². The Morgan fingerprint density at radius 3 is 2.69 bits per heavy atom. The lowest BCUT2D eigenvalue weighted by Crippen LogP contribution is -2.25. The third-order valence-corrected chi connectivity index (χ3v) is 4.69. The fraction of sp³-hybridized carbons (Fsp3) is 0.381. The average Bonchev–Trinajstić information content (AvgIpc) is 2.67. The monoisotopic (exact) mass is 374 g/mol. The number of fused-ring (bicyclic) bond motifs is 1. The van der Waals surface area contributed by atoms with E-state index < -0.39 is 0 Å². The van der Waals surface area contributed by atoms with Crippen LogP contribution >= 0.6 is 12.4 Å². The van der Waals surface area contributed by atoms with Crippen LogP contribution in [-0.4, -0.2) is 19.1 Å². The summed E-state index contributed by atoms with van der Waals surface area (Å²) in [5.74, 6) is -0.0495. The molecule has 3 rings (SSSR count). The molecule has 1 amide bonds. The second-order valence-corrected chi connectivity index (χ2v) is 6.46. The Balaban J connectivity index is 0.00000243. The second-order valence-electron chi connectivity index (χ2n) is 6.46. The van der Waals surface area contributed by atoms with E-state index in [1.165, 1.54) is 17.5 Å². The molecule has 26 heavy (non-hydrogen) atoms. The van der Waals surface area contributed by atoms with Crippen LogP contribution in [0.25, 0.3) is 0 Å². The number of carbonyl (C=O) groups excluding carboxylic acids is 1. The minimum Gasteiger partial charge on any atom is -0.373 e. The molecular weight excluding hydrogens is 348 g/mol. The van der Waals surface area contributed by atoms with Gasteiger partial charge in [-0.2, -0.15) is 0 Å². The number of ether oxygens (including phenoxy) is 1. The molecule has 0 aromatic heterocycles. The molecule has 4 nitrogen and oxygen atoms in total. The molecular formula is C21H27ClN2O2. The number of amides is 1. The van der Waals surface area contributed by atoms with Crippen LogP contribution < -0.4 is 11.1 Å². The number of aryl methyl sites for hydroxylation is 1. The number of halogens is 1. The van der Waals surface area contributed by atoms with Crippen LogP contribution in [0.5, 0.6) is 0 Å². The van der Waals surface area contributed by atoms with Crippen molar-refractivity contribution < 1.29 is 9.53 Å². The van der Waals surface area contributed by atoms with Gasteiger partial charge in [0.1, 0.15) is 0 Å². The zero-order valence-electron chi connectivity index (χ0n) is 14.9. The number of hydrogen-bond donors (Lipinski definition) is 2. The van der Waals surface area contributed by atoms with Crippen LogP contribution in [0.1, 0.15) is 52.4 Å². The molecule has 0 radical (unpaired) electrons. The second kappa shape index (κ2) is 10.3. The summed E-state index contributed by atoms with van der Waals surface area (Å²) in [5, 5.41) is 2.94. The van der Waals surface area contributed by atoms with Gasteiger partial charge in [-0.1, -0.05) is 36.4 Å². The SMILES string of the molecule is Cl.NCc1ccc(C(=O)NCCCOC2CCCc3ccccc32)cc1. The van der Waals surface area contributed by atoms with E-state index in [1.54, 1.807) is 0 Å².